The largest absolute Gasteiger partial charge is 0.358 e. The molecule has 0 bridgehead atoms. The highest BCUT2D eigenvalue weighted by molar-refractivity contribution is 5.57. The number of pyridine rings is 2. The van der Waals surface area contributed by atoms with Crippen LogP contribution in [0.4, 0.5) is 5.82 Å². The van der Waals surface area contributed by atoms with Gasteiger partial charge in [-0.1, -0.05) is 19.1 Å². The van der Waals surface area contributed by atoms with E-state index in [1.54, 1.807) is 0 Å². The van der Waals surface area contributed by atoms with Crippen LogP contribution < -0.4 is 4.90 Å². The van der Waals surface area contributed by atoms with E-state index >= 15 is 0 Å². The van der Waals surface area contributed by atoms with E-state index in [4.69, 9.17) is 9.97 Å². The Hall–Kier alpha value is -2.95. The molecule has 0 radical (unpaired) electrons. The average molecular weight is 472 g/mol. The predicted molar refractivity (Wildman–Crippen MR) is 139 cm³/mol. The summed E-state index contributed by atoms with van der Waals surface area (Å²) in [6.07, 6.45) is 8.61. The Morgan fingerprint density at radius 2 is 1.94 bits per heavy atom. The van der Waals surface area contributed by atoms with Gasteiger partial charge in [0.15, 0.2) is 5.69 Å². The molecule has 2 aliphatic rings. The molecule has 184 valence electrons. The Morgan fingerprint density at radius 3 is 2.69 bits per heavy atom. The van der Waals surface area contributed by atoms with Crippen LogP contribution in [0.3, 0.4) is 0 Å². The molecule has 1 atom stereocenters. The molecule has 0 amide bonds. The standard InChI is InChI=1S/C28H37N7/c1-4-16-34(24-10-5-8-21-9-7-15-30-28(21)24)20-23-25(19-29)35-26(31-23)11-6-12-27(35)33-17-13-22(14-18-33)32(2)3/h6-7,9,11-12,15,22,24H,4-5,8,10,13-14,16-18,20H2,1-3H3/t24-/m0/s1. The Kier molecular flexibility index (Phi) is 7.03. The second-order valence-corrected chi connectivity index (χ2v) is 10.2. The predicted octanol–water partition coefficient (Wildman–Crippen LogP) is 4.42. The molecule has 0 spiro atoms. The Labute approximate surface area is 209 Å². The van der Waals surface area contributed by atoms with Gasteiger partial charge in [0, 0.05) is 31.9 Å². The van der Waals surface area contributed by atoms with E-state index in [1.165, 1.54) is 17.7 Å². The third kappa shape index (κ3) is 4.65. The zero-order valence-corrected chi connectivity index (χ0v) is 21.3. The minimum Gasteiger partial charge on any atom is -0.358 e. The molecule has 4 heterocycles. The van der Waals surface area contributed by atoms with Gasteiger partial charge < -0.3 is 9.80 Å². The van der Waals surface area contributed by atoms with Crippen molar-refractivity contribution in [1.82, 2.24) is 24.2 Å². The first kappa shape index (κ1) is 23.8. The van der Waals surface area contributed by atoms with Gasteiger partial charge in [0.25, 0.3) is 0 Å². The first-order valence-corrected chi connectivity index (χ1v) is 13.1. The maximum Gasteiger partial charge on any atom is 0.150 e. The van der Waals surface area contributed by atoms with Crippen LogP contribution in [0, 0.1) is 11.3 Å². The number of hydrogen-bond acceptors (Lipinski definition) is 6. The first-order chi connectivity index (χ1) is 17.1. The summed E-state index contributed by atoms with van der Waals surface area (Å²) in [6.45, 7) is 5.84. The van der Waals surface area contributed by atoms with Crippen molar-refractivity contribution in [1.29, 1.82) is 5.26 Å². The third-order valence-corrected chi connectivity index (χ3v) is 7.79. The third-order valence-electron chi connectivity index (χ3n) is 7.79. The van der Waals surface area contributed by atoms with E-state index in [0.717, 1.165) is 68.9 Å². The lowest BCUT2D eigenvalue weighted by Gasteiger charge is -2.36. The molecule has 35 heavy (non-hydrogen) atoms. The second kappa shape index (κ2) is 10.3. The van der Waals surface area contributed by atoms with Gasteiger partial charge in [0.05, 0.1) is 17.4 Å². The maximum atomic E-state index is 10.3. The van der Waals surface area contributed by atoms with Crippen LogP contribution in [0.5, 0.6) is 0 Å². The number of piperidine rings is 1. The number of nitrogens with zero attached hydrogens (tertiary/aromatic N) is 7. The maximum absolute atomic E-state index is 10.3. The molecule has 1 saturated heterocycles. The number of aromatic nitrogens is 3. The molecule has 0 aromatic carbocycles. The topological polar surface area (TPSA) is 63.7 Å². The van der Waals surface area contributed by atoms with Crippen LogP contribution in [0.25, 0.3) is 5.65 Å². The second-order valence-electron chi connectivity index (χ2n) is 10.2. The highest BCUT2D eigenvalue weighted by Gasteiger charge is 2.29. The van der Waals surface area contributed by atoms with Crippen molar-refractivity contribution in [3.63, 3.8) is 0 Å². The fraction of sp³-hybridized carbons (Fsp3) is 0.536. The van der Waals surface area contributed by atoms with Gasteiger partial charge in [0.2, 0.25) is 0 Å². The van der Waals surface area contributed by atoms with E-state index in [1.807, 2.05) is 18.3 Å². The lowest BCUT2D eigenvalue weighted by Crippen LogP contribution is -2.42. The number of rotatable bonds is 7. The van der Waals surface area contributed by atoms with Gasteiger partial charge in [-0.3, -0.25) is 14.3 Å². The SMILES string of the molecule is CCCN(Cc1nc2cccc(N3CCC(N(C)C)CC3)n2c1C#N)[C@H]1CCCc2cccnc21. The summed E-state index contributed by atoms with van der Waals surface area (Å²) in [5, 5.41) is 10.3. The quantitative estimate of drug-likeness (QED) is 0.508. The van der Waals surface area contributed by atoms with Crippen molar-refractivity contribution in [3.8, 4) is 6.07 Å². The molecule has 1 aliphatic carbocycles. The van der Waals surface area contributed by atoms with Gasteiger partial charge in [-0.15, -0.1) is 0 Å². The van der Waals surface area contributed by atoms with E-state index in [2.05, 4.69) is 64.4 Å². The molecule has 3 aromatic heterocycles. The van der Waals surface area contributed by atoms with Crippen LogP contribution >= 0.6 is 0 Å². The summed E-state index contributed by atoms with van der Waals surface area (Å²) in [6, 6.07) is 13.9. The zero-order chi connectivity index (χ0) is 24.4. The lowest BCUT2D eigenvalue weighted by atomic mass is 9.90. The summed E-state index contributed by atoms with van der Waals surface area (Å²) in [5.41, 5.74) is 4.98. The molecular weight excluding hydrogens is 434 g/mol. The number of aryl methyl sites for hydroxylation is 1. The fourth-order valence-electron chi connectivity index (χ4n) is 5.97. The zero-order valence-electron chi connectivity index (χ0n) is 21.3. The highest BCUT2D eigenvalue weighted by Crippen LogP contribution is 2.34. The molecule has 0 unspecified atom stereocenters. The monoisotopic (exact) mass is 471 g/mol. The van der Waals surface area contributed by atoms with Gasteiger partial charge >= 0.3 is 0 Å². The molecule has 5 rings (SSSR count). The average Bonchev–Trinajstić information content (AvgIpc) is 3.25. The summed E-state index contributed by atoms with van der Waals surface area (Å²) in [4.78, 5) is 17.0. The fourth-order valence-corrected chi connectivity index (χ4v) is 5.97. The van der Waals surface area contributed by atoms with Gasteiger partial charge in [-0.25, -0.2) is 4.98 Å². The molecule has 7 nitrogen and oxygen atoms in total. The molecule has 3 aromatic rings. The van der Waals surface area contributed by atoms with Crippen LogP contribution in [0.1, 0.15) is 67.7 Å². The number of nitriles is 1. The van der Waals surface area contributed by atoms with Crippen molar-refractivity contribution >= 4 is 11.5 Å². The summed E-state index contributed by atoms with van der Waals surface area (Å²) >= 11 is 0. The minimum atomic E-state index is 0.279. The first-order valence-electron chi connectivity index (χ1n) is 13.1. The van der Waals surface area contributed by atoms with Crippen LogP contribution in [0.15, 0.2) is 36.5 Å². The lowest BCUT2D eigenvalue weighted by molar-refractivity contribution is 0.164. The highest BCUT2D eigenvalue weighted by atomic mass is 15.3. The van der Waals surface area contributed by atoms with Crippen LogP contribution in [-0.2, 0) is 13.0 Å². The van der Waals surface area contributed by atoms with Gasteiger partial charge in [-0.2, -0.15) is 5.26 Å². The number of fused-ring (bicyclic) bond motifs is 2. The van der Waals surface area contributed by atoms with E-state index < -0.39 is 0 Å². The number of hydrogen-bond donors (Lipinski definition) is 0. The summed E-state index contributed by atoms with van der Waals surface area (Å²) < 4.78 is 2.09. The Morgan fingerprint density at radius 1 is 1.11 bits per heavy atom. The summed E-state index contributed by atoms with van der Waals surface area (Å²) in [7, 11) is 4.33. The van der Waals surface area contributed by atoms with E-state index in [0.29, 0.717) is 18.3 Å². The number of imidazole rings is 1. The van der Waals surface area contributed by atoms with Gasteiger partial charge in [0.1, 0.15) is 17.5 Å². The van der Waals surface area contributed by atoms with Crippen molar-refractivity contribution in [2.75, 3.05) is 38.6 Å². The Balaban J connectivity index is 1.47. The molecule has 7 heteroatoms. The van der Waals surface area contributed by atoms with Crippen molar-refractivity contribution in [2.45, 2.75) is 64.1 Å². The van der Waals surface area contributed by atoms with Crippen molar-refractivity contribution in [2.24, 2.45) is 0 Å². The van der Waals surface area contributed by atoms with Crippen LogP contribution in [0.2, 0.25) is 0 Å². The summed E-state index contributed by atoms with van der Waals surface area (Å²) in [5.74, 6) is 1.08. The number of anilines is 1. The minimum absolute atomic E-state index is 0.279. The van der Waals surface area contributed by atoms with Crippen LogP contribution in [-0.4, -0.2) is 63.9 Å². The molecular formula is C28H37N7. The van der Waals surface area contributed by atoms with Crippen molar-refractivity contribution < 1.29 is 0 Å². The normalized spacial score (nSPS) is 18.9. The smallest absolute Gasteiger partial charge is 0.150 e. The molecule has 1 fully saturated rings. The van der Waals surface area contributed by atoms with Gasteiger partial charge in [-0.05, 0) is 82.9 Å². The molecule has 0 N–H and O–H groups in total. The molecule has 0 saturated carbocycles. The van der Waals surface area contributed by atoms with E-state index in [9.17, 15) is 5.26 Å². The Bertz CT molecular complexity index is 1200. The molecule has 1 aliphatic heterocycles. The van der Waals surface area contributed by atoms with Crippen molar-refractivity contribution in [3.05, 3.63) is 59.2 Å². The van der Waals surface area contributed by atoms with E-state index in [-0.39, 0.29) is 6.04 Å².